The first-order valence-corrected chi connectivity index (χ1v) is 8.72. The minimum absolute atomic E-state index is 0.0436. The highest BCUT2D eigenvalue weighted by Crippen LogP contribution is 2.19. The third-order valence-electron chi connectivity index (χ3n) is 4.07. The number of carbonyl (C=O) groups is 2. The van der Waals surface area contributed by atoms with Gasteiger partial charge >= 0.3 is 11.9 Å². The Morgan fingerprint density at radius 1 is 1.08 bits per heavy atom. The maximum absolute atomic E-state index is 12.2. The number of hydrogen-bond donors (Lipinski definition) is 1. The molecule has 1 aromatic heterocycles. The molecule has 0 aromatic carbocycles. The summed E-state index contributed by atoms with van der Waals surface area (Å²) in [5, 5.41) is 0. The molecule has 0 unspecified atom stereocenters. The maximum atomic E-state index is 12.2. The summed E-state index contributed by atoms with van der Waals surface area (Å²) in [6.45, 7) is 7.14. The summed E-state index contributed by atoms with van der Waals surface area (Å²) >= 11 is 0. The SMILES string of the molecule is CCOC(=O)C(C(=O)OCC)=C(N)c1cccc(N2CCN(C)CC2)n1. The third kappa shape index (κ3) is 4.72. The zero-order valence-electron chi connectivity index (χ0n) is 15.5. The quantitative estimate of drug-likeness (QED) is 0.341. The number of likely N-dealkylation sites (N-methyl/N-ethyl adjacent to an activating group) is 1. The number of rotatable bonds is 6. The average Bonchev–Trinajstić information content (AvgIpc) is 2.63. The van der Waals surface area contributed by atoms with Crippen LogP contribution in [0.15, 0.2) is 23.8 Å². The number of pyridine rings is 1. The molecule has 0 atom stereocenters. The second-order valence-electron chi connectivity index (χ2n) is 5.90. The van der Waals surface area contributed by atoms with Crippen LogP contribution in [0.2, 0.25) is 0 Å². The third-order valence-corrected chi connectivity index (χ3v) is 4.07. The summed E-state index contributed by atoms with van der Waals surface area (Å²) in [4.78, 5) is 33.3. The second-order valence-corrected chi connectivity index (χ2v) is 5.90. The molecule has 1 aliphatic rings. The summed E-state index contributed by atoms with van der Waals surface area (Å²) in [6, 6.07) is 5.35. The molecule has 8 nitrogen and oxygen atoms in total. The molecule has 8 heteroatoms. The van der Waals surface area contributed by atoms with Gasteiger partial charge in [0.1, 0.15) is 5.82 Å². The highest BCUT2D eigenvalue weighted by molar-refractivity contribution is 6.19. The Morgan fingerprint density at radius 2 is 1.65 bits per heavy atom. The molecule has 0 radical (unpaired) electrons. The first kappa shape index (κ1) is 19.7. The van der Waals surface area contributed by atoms with Gasteiger partial charge in [-0.05, 0) is 33.0 Å². The summed E-state index contributed by atoms with van der Waals surface area (Å²) in [7, 11) is 2.08. The van der Waals surface area contributed by atoms with Crippen molar-refractivity contribution in [1.29, 1.82) is 0 Å². The molecule has 26 heavy (non-hydrogen) atoms. The van der Waals surface area contributed by atoms with Crippen LogP contribution in [0.4, 0.5) is 5.82 Å². The van der Waals surface area contributed by atoms with E-state index in [1.807, 2.05) is 6.07 Å². The zero-order valence-corrected chi connectivity index (χ0v) is 15.5. The molecule has 1 aliphatic heterocycles. The Morgan fingerprint density at radius 3 is 2.19 bits per heavy atom. The molecule has 1 aromatic rings. The van der Waals surface area contributed by atoms with Crippen LogP contribution in [0, 0.1) is 0 Å². The fourth-order valence-corrected chi connectivity index (χ4v) is 2.62. The average molecular weight is 362 g/mol. The van der Waals surface area contributed by atoms with Gasteiger partial charge in [0.2, 0.25) is 0 Å². The molecule has 1 fully saturated rings. The van der Waals surface area contributed by atoms with Gasteiger partial charge in [-0.3, -0.25) is 0 Å². The van der Waals surface area contributed by atoms with E-state index in [1.165, 1.54) is 0 Å². The highest BCUT2D eigenvalue weighted by Gasteiger charge is 2.26. The topological polar surface area (TPSA) is 98.0 Å². The standard InChI is InChI=1S/C18H26N4O4/c1-4-25-17(23)15(18(24)26-5-2)16(19)13-7-6-8-14(20-13)22-11-9-21(3)10-12-22/h6-8H,4-5,9-12,19H2,1-3H3. The number of ether oxygens (including phenoxy) is 2. The minimum Gasteiger partial charge on any atom is -0.462 e. The van der Waals surface area contributed by atoms with E-state index in [-0.39, 0.29) is 24.5 Å². The van der Waals surface area contributed by atoms with E-state index < -0.39 is 11.9 Å². The van der Waals surface area contributed by atoms with Crippen molar-refractivity contribution >= 4 is 23.5 Å². The molecular formula is C18H26N4O4. The van der Waals surface area contributed by atoms with Gasteiger partial charge in [-0.2, -0.15) is 0 Å². The molecular weight excluding hydrogens is 336 g/mol. The van der Waals surface area contributed by atoms with Gasteiger partial charge in [-0.25, -0.2) is 14.6 Å². The van der Waals surface area contributed by atoms with Crippen molar-refractivity contribution in [2.75, 3.05) is 51.3 Å². The van der Waals surface area contributed by atoms with Crippen molar-refractivity contribution < 1.29 is 19.1 Å². The lowest BCUT2D eigenvalue weighted by Gasteiger charge is -2.33. The van der Waals surface area contributed by atoms with Gasteiger partial charge < -0.3 is 25.0 Å². The number of nitrogens with zero attached hydrogens (tertiary/aromatic N) is 3. The number of anilines is 1. The molecule has 1 saturated heterocycles. The summed E-state index contributed by atoms with van der Waals surface area (Å²) in [5.74, 6) is -0.865. The van der Waals surface area contributed by atoms with Gasteiger partial charge in [0.15, 0.2) is 5.57 Å². The number of esters is 2. The molecule has 0 amide bonds. The van der Waals surface area contributed by atoms with Crippen LogP contribution in [0.5, 0.6) is 0 Å². The van der Waals surface area contributed by atoms with E-state index in [9.17, 15) is 9.59 Å². The molecule has 2 N–H and O–H groups in total. The van der Waals surface area contributed by atoms with E-state index in [1.54, 1.807) is 26.0 Å². The van der Waals surface area contributed by atoms with Crippen LogP contribution in [0.3, 0.4) is 0 Å². The zero-order chi connectivity index (χ0) is 19.1. The monoisotopic (exact) mass is 362 g/mol. The molecule has 142 valence electrons. The van der Waals surface area contributed by atoms with Crippen LogP contribution < -0.4 is 10.6 Å². The van der Waals surface area contributed by atoms with Crippen LogP contribution in [-0.4, -0.2) is 68.3 Å². The fourth-order valence-electron chi connectivity index (χ4n) is 2.62. The van der Waals surface area contributed by atoms with E-state index in [0.29, 0.717) is 5.69 Å². The van der Waals surface area contributed by atoms with Crippen molar-refractivity contribution in [3.8, 4) is 0 Å². The van der Waals surface area contributed by atoms with Gasteiger partial charge in [0, 0.05) is 26.2 Å². The number of nitrogens with two attached hydrogens (primary N) is 1. The van der Waals surface area contributed by atoms with Crippen LogP contribution in [0.1, 0.15) is 19.5 Å². The maximum Gasteiger partial charge on any atom is 0.347 e. The molecule has 0 aliphatic carbocycles. The van der Waals surface area contributed by atoms with Gasteiger partial charge in [0.25, 0.3) is 0 Å². The predicted octanol–water partition coefficient (Wildman–Crippen LogP) is 0.629. The molecule has 2 heterocycles. The molecule has 0 bridgehead atoms. The van der Waals surface area contributed by atoms with Crippen molar-refractivity contribution in [3.63, 3.8) is 0 Å². The van der Waals surface area contributed by atoms with Gasteiger partial charge in [-0.1, -0.05) is 6.07 Å². The van der Waals surface area contributed by atoms with E-state index in [2.05, 4.69) is 21.8 Å². The largest absolute Gasteiger partial charge is 0.462 e. The molecule has 0 spiro atoms. The van der Waals surface area contributed by atoms with E-state index >= 15 is 0 Å². The Kier molecular flexibility index (Phi) is 6.97. The Bertz CT molecular complexity index is 662. The molecule has 0 saturated carbocycles. The molecule has 2 rings (SSSR count). The number of aromatic nitrogens is 1. The Labute approximate surface area is 153 Å². The Balaban J connectivity index is 2.35. The predicted molar refractivity (Wildman–Crippen MR) is 98.3 cm³/mol. The van der Waals surface area contributed by atoms with Gasteiger partial charge in [-0.15, -0.1) is 0 Å². The first-order chi connectivity index (χ1) is 12.5. The van der Waals surface area contributed by atoms with Crippen molar-refractivity contribution in [2.45, 2.75) is 13.8 Å². The second kappa shape index (κ2) is 9.19. The van der Waals surface area contributed by atoms with Crippen molar-refractivity contribution in [3.05, 3.63) is 29.5 Å². The van der Waals surface area contributed by atoms with Crippen LogP contribution >= 0.6 is 0 Å². The number of hydrogen-bond acceptors (Lipinski definition) is 8. The van der Waals surface area contributed by atoms with E-state index in [0.717, 1.165) is 32.0 Å². The lowest BCUT2D eigenvalue weighted by Crippen LogP contribution is -2.44. The minimum atomic E-state index is -0.810. The van der Waals surface area contributed by atoms with Crippen molar-refractivity contribution in [1.82, 2.24) is 9.88 Å². The van der Waals surface area contributed by atoms with Crippen molar-refractivity contribution in [2.24, 2.45) is 5.73 Å². The van der Waals surface area contributed by atoms with Gasteiger partial charge in [0.05, 0.1) is 24.6 Å². The number of carbonyl (C=O) groups excluding carboxylic acids is 2. The fraction of sp³-hybridized carbons (Fsp3) is 0.500. The Hall–Kier alpha value is -2.61. The number of piperazine rings is 1. The summed E-state index contributed by atoms with van der Waals surface area (Å²) in [5.41, 5.74) is 6.09. The lowest BCUT2D eigenvalue weighted by molar-refractivity contribution is -0.146. The normalized spacial score (nSPS) is 14.7. The highest BCUT2D eigenvalue weighted by atomic mass is 16.6. The summed E-state index contributed by atoms with van der Waals surface area (Å²) in [6.07, 6.45) is 0. The smallest absolute Gasteiger partial charge is 0.347 e. The summed E-state index contributed by atoms with van der Waals surface area (Å²) < 4.78 is 9.90. The first-order valence-electron chi connectivity index (χ1n) is 8.72. The van der Waals surface area contributed by atoms with Crippen LogP contribution in [0.25, 0.3) is 5.70 Å². The van der Waals surface area contributed by atoms with E-state index in [4.69, 9.17) is 15.2 Å². The lowest BCUT2D eigenvalue weighted by atomic mass is 10.1. The van der Waals surface area contributed by atoms with Crippen LogP contribution in [-0.2, 0) is 19.1 Å².